The molecular formula is C12H18N2S. The van der Waals surface area contributed by atoms with E-state index in [4.69, 9.17) is 0 Å². The first kappa shape index (κ1) is 9.82. The van der Waals surface area contributed by atoms with Crippen LogP contribution in [0.5, 0.6) is 0 Å². The fourth-order valence-electron chi connectivity index (χ4n) is 2.53. The van der Waals surface area contributed by atoms with Crippen molar-refractivity contribution in [1.82, 2.24) is 10.2 Å². The molecule has 1 aliphatic carbocycles. The summed E-state index contributed by atoms with van der Waals surface area (Å²) in [5.41, 5.74) is 1.49. The van der Waals surface area contributed by atoms with Crippen molar-refractivity contribution < 1.29 is 0 Å². The normalized spacial score (nSPS) is 28.1. The van der Waals surface area contributed by atoms with Crippen LogP contribution in [-0.2, 0) is 6.54 Å². The van der Waals surface area contributed by atoms with Crippen LogP contribution < -0.4 is 5.32 Å². The van der Waals surface area contributed by atoms with Crippen LogP contribution in [0.4, 0.5) is 0 Å². The van der Waals surface area contributed by atoms with E-state index < -0.39 is 0 Å². The molecule has 0 bridgehead atoms. The van der Waals surface area contributed by atoms with E-state index in [0.717, 1.165) is 25.0 Å². The zero-order valence-electron chi connectivity index (χ0n) is 8.98. The average Bonchev–Trinajstić information content (AvgIpc) is 2.99. The van der Waals surface area contributed by atoms with E-state index in [-0.39, 0.29) is 0 Å². The lowest BCUT2D eigenvalue weighted by molar-refractivity contribution is 0.136. The Kier molecular flexibility index (Phi) is 2.77. The Balaban J connectivity index is 1.66. The molecule has 2 fully saturated rings. The number of thiophene rings is 1. The highest BCUT2D eigenvalue weighted by Gasteiger charge is 2.36. The van der Waals surface area contributed by atoms with Crippen molar-refractivity contribution in [1.29, 1.82) is 0 Å². The summed E-state index contributed by atoms with van der Waals surface area (Å²) in [7, 11) is 0. The molecule has 1 saturated carbocycles. The van der Waals surface area contributed by atoms with Crippen molar-refractivity contribution >= 4 is 11.3 Å². The number of hydrogen-bond acceptors (Lipinski definition) is 3. The fourth-order valence-corrected chi connectivity index (χ4v) is 3.19. The molecule has 2 aliphatic rings. The molecule has 1 N–H and O–H groups in total. The monoisotopic (exact) mass is 222 g/mol. The number of nitrogens with zero attached hydrogens (tertiary/aromatic N) is 1. The molecular weight excluding hydrogens is 204 g/mol. The molecule has 15 heavy (non-hydrogen) atoms. The van der Waals surface area contributed by atoms with Gasteiger partial charge in [-0.1, -0.05) is 0 Å². The second-order valence-electron chi connectivity index (χ2n) is 4.71. The molecule has 3 rings (SSSR count). The second kappa shape index (κ2) is 4.24. The van der Waals surface area contributed by atoms with E-state index in [2.05, 4.69) is 27.0 Å². The highest BCUT2D eigenvalue weighted by Crippen LogP contribution is 2.36. The number of hydrogen-bond donors (Lipinski definition) is 1. The fraction of sp³-hybridized carbons (Fsp3) is 0.667. The highest BCUT2D eigenvalue weighted by molar-refractivity contribution is 7.07. The Morgan fingerprint density at radius 1 is 1.47 bits per heavy atom. The van der Waals surface area contributed by atoms with Gasteiger partial charge in [0.25, 0.3) is 0 Å². The van der Waals surface area contributed by atoms with Crippen molar-refractivity contribution in [3.05, 3.63) is 22.4 Å². The molecule has 1 aliphatic heterocycles. The summed E-state index contributed by atoms with van der Waals surface area (Å²) >= 11 is 1.81. The van der Waals surface area contributed by atoms with E-state index in [1.807, 2.05) is 11.3 Å². The molecule has 1 unspecified atom stereocenters. The first-order valence-electron chi connectivity index (χ1n) is 5.89. The molecule has 2 nitrogen and oxygen atoms in total. The maximum atomic E-state index is 3.53. The van der Waals surface area contributed by atoms with Gasteiger partial charge in [0.05, 0.1) is 0 Å². The van der Waals surface area contributed by atoms with Gasteiger partial charge in [0, 0.05) is 32.2 Å². The van der Waals surface area contributed by atoms with Crippen molar-refractivity contribution in [3.8, 4) is 0 Å². The molecule has 0 aromatic carbocycles. The van der Waals surface area contributed by atoms with Crippen LogP contribution in [-0.4, -0.2) is 30.6 Å². The minimum Gasteiger partial charge on any atom is -0.314 e. The largest absolute Gasteiger partial charge is 0.314 e. The van der Waals surface area contributed by atoms with Gasteiger partial charge in [0.15, 0.2) is 0 Å². The second-order valence-corrected chi connectivity index (χ2v) is 5.49. The zero-order chi connectivity index (χ0) is 10.1. The number of piperazine rings is 1. The van der Waals surface area contributed by atoms with Crippen molar-refractivity contribution in [3.63, 3.8) is 0 Å². The van der Waals surface area contributed by atoms with E-state index in [1.165, 1.54) is 31.5 Å². The molecule has 0 spiro atoms. The van der Waals surface area contributed by atoms with Gasteiger partial charge in [-0.25, -0.2) is 0 Å². The smallest absolute Gasteiger partial charge is 0.0252 e. The summed E-state index contributed by atoms with van der Waals surface area (Å²) in [6, 6.07) is 3.06. The summed E-state index contributed by atoms with van der Waals surface area (Å²) in [5, 5.41) is 7.99. The van der Waals surface area contributed by atoms with Crippen molar-refractivity contribution in [2.45, 2.75) is 25.4 Å². The maximum Gasteiger partial charge on any atom is 0.0252 e. The summed E-state index contributed by atoms with van der Waals surface area (Å²) in [6.45, 7) is 4.74. The molecule has 1 aromatic rings. The SMILES string of the molecule is c1cc(CN2CCNCC2C2CC2)cs1. The van der Waals surface area contributed by atoms with Gasteiger partial charge in [-0.15, -0.1) is 0 Å². The predicted octanol–water partition coefficient (Wildman–Crippen LogP) is 1.93. The molecule has 0 amide bonds. The average molecular weight is 222 g/mol. The summed E-state index contributed by atoms with van der Waals surface area (Å²) in [6.07, 6.45) is 2.90. The van der Waals surface area contributed by atoms with E-state index >= 15 is 0 Å². The molecule has 0 radical (unpaired) electrons. The quantitative estimate of drug-likeness (QED) is 0.840. The van der Waals surface area contributed by atoms with Gasteiger partial charge in [-0.2, -0.15) is 11.3 Å². The molecule has 3 heteroatoms. The van der Waals surface area contributed by atoms with Gasteiger partial charge < -0.3 is 5.32 Å². The highest BCUT2D eigenvalue weighted by atomic mass is 32.1. The van der Waals surface area contributed by atoms with Crippen LogP contribution in [0.1, 0.15) is 18.4 Å². The van der Waals surface area contributed by atoms with Gasteiger partial charge in [0.2, 0.25) is 0 Å². The Labute approximate surface area is 95.3 Å². The first-order chi connectivity index (χ1) is 7.43. The van der Waals surface area contributed by atoms with Gasteiger partial charge in [-0.3, -0.25) is 4.90 Å². The van der Waals surface area contributed by atoms with Crippen molar-refractivity contribution in [2.24, 2.45) is 5.92 Å². The Bertz CT molecular complexity index is 305. The lowest BCUT2D eigenvalue weighted by Gasteiger charge is -2.36. The Morgan fingerprint density at radius 3 is 3.13 bits per heavy atom. The van der Waals surface area contributed by atoms with Crippen LogP contribution >= 0.6 is 11.3 Å². The molecule has 2 heterocycles. The third-order valence-corrected chi connectivity index (χ3v) is 4.26. The molecule has 1 saturated heterocycles. The molecule has 1 aromatic heterocycles. The standard InChI is InChI=1S/C12H18N2S/c1-2-11(1)12-7-13-4-5-14(12)8-10-3-6-15-9-10/h3,6,9,11-13H,1-2,4-5,7-8H2. The lowest BCUT2D eigenvalue weighted by Crippen LogP contribution is -2.51. The van der Waals surface area contributed by atoms with Gasteiger partial charge in [-0.05, 0) is 41.1 Å². The lowest BCUT2D eigenvalue weighted by atomic mass is 10.1. The van der Waals surface area contributed by atoms with Crippen LogP contribution in [0.25, 0.3) is 0 Å². The summed E-state index contributed by atoms with van der Waals surface area (Å²) in [5.74, 6) is 0.983. The van der Waals surface area contributed by atoms with Crippen molar-refractivity contribution in [2.75, 3.05) is 19.6 Å². The first-order valence-corrected chi connectivity index (χ1v) is 6.83. The summed E-state index contributed by atoms with van der Waals surface area (Å²) < 4.78 is 0. The van der Waals surface area contributed by atoms with Crippen LogP contribution in [0.15, 0.2) is 16.8 Å². The third-order valence-electron chi connectivity index (χ3n) is 3.53. The minimum absolute atomic E-state index is 0.804. The van der Waals surface area contributed by atoms with E-state index in [0.29, 0.717) is 0 Å². The maximum absolute atomic E-state index is 3.53. The Hall–Kier alpha value is -0.380. The zero-order valence-corrected chi connectivity index (χ0v) is 9.80. The molecule has 82 valence electrons. The minimum atomic E-state index is 0.804. The third kappa shape index (κ3) is 2.25. The van der Waals surface area contributed by atoms with Crippen LogP contribution in [0.3, 0.4) is 0 Å². The number of nitrogens with one attached hydrogen (secondary N) is 1. The van der Waals surface area contributed by atoms with E-state index in [1.54, 1.807) is 0 Å². The summed E-state index contributed by atoms with van der Waals surface area (Å²) in [4.78, 5) is 2.68. The van der Waals surface area contributed by atoms with Gasteiger partial charge in [0.1, 0.15) is 0 Å². The Morgan fingerprint density at radius 2 is 2.40 bits per heavy atom. The van der Waals surface area contributed by atoms with Crippen LogP contribution in [0, 0.1) is 5.92 Å². The van der Waals surface area contributed by atoms with E-state index in [9.17, 15) is 0 Å². The van der Waals surface area contributed by atoms with Gasteiger partial charge >= 0.3 is 0 Å². The number of rotatable bonds is 3. The predicted molar refractivity (Wildman–Crippen MR) is 64.1 cm³/mol. The molecule has 1 atom stereocenters. The topological polar surface area (TPSA) is 15.3 Å². The van der Waals surface area contributed by atoms with Crippen LogP contribution in [0.2, 0.25) is 0 Å².